The lowest BCUT2D eigenvalue weighted by Gasteiger charge is -2.16. The smallest absolute Gasteiger partial charge is 0.0207 e. The number of hydrogen-bond donors (Lipinski definition) is 1. The van der Waals surface area contributed by atoms with Crippen molar-refractivity contribution >= 4 is 15.9 Å². The molecule has 1 rings (SSSR count). The van der Waals surface area contributed by atoms with Crippen LogP contribution in [0.1, 0.15) is 38.7 Å². The Kier molecular flexibility index (Phi) is 6.83. The molecule has 17 heavy (non-hydrogen) atoms. The van der Waals surface area contributed by atoms with Crippen molar-refractivity contribution in [2.45, 2.75) is 39.5 Å². The molecule has 0 saturated heterocycles. The zero-order valence-electron chi connectivity index (χ0n) is 11.0. The molecule has 0 amide bonds. The predicted molar refractivity (Wildman–Crippen MR) is 79.1 cm³/mol. The summed E-state index contributed by atoms with van der Waals surface area (Å²) in [6.45, 7) is 5.36. The van der Waals surface area contributed by atoms with Crippen LogP contribution < -0.4 is 5.73 Å². The van der Waals surface area contributed by atoms with E-state index in [-0.39, 0.29) is 0 Å². The molecule has 0 fully saturated rings. The van der Waals surface area contributed by atoms with Crippen molar-refractivity contribution in [2.24, 2.45) is 17.6 Å². The highest BCUT2D eigenvalue weighted by Gasteiger charge is 2.10. The van der Waals surface area contributed by atoms with Crippen LogP contribution in [0.15, 0.2) is 28.7 Å². The summed E-state index contributed by atoms with van der Waals surface area (Å²) in [7, 11) is 0. The van der Waals surface area contributed by atoms with Gasteiger partial charge in [-0.2, -0.15) is 0 Å². The summed E-state index contributed by atoms with van der Waals surface area (Å²) in [5.74, 6) is 1.42. The van der Waals surface area contributed by atoms with E-state index >= 15 is 0 Å². The number of hydrogen-bond acceptors (Lipinski definition) is 1. The Morgan fingerprint density at radius 3 is 2.47 bits per heavy atom. The van der Waals surface area contributed by atoms with Crippen LogP contribution in [0.4, 0.5) is 0 Å². The molecule has 0 spiro atoms. The molecule has 1 aromatic rings. The van der Waals surface area contributed by atoms with Gasteiger partial charge in [0.1, 0.15) is 0 Å². The molecule has 0 aliphatic carbocycles. The molecule has 0 radical (unpaired) electrons. The molecular formula is C15H24BrN. The standard InChI is InChI=1S/C15H24BrN/c1-12(2)6-5-7-13(11-17)10-14-8-3-4-9-15(14)16/h3-4,8-9,12-13H,5-7,10-11,17H2,1-2H3. The second-order valence-corrected chi connectivity index (χ2v) is 6.08. The molecule has 0 bridgehead atoms. The third-order valence-electron chi connectivity index (χ3n) is 3.19. The van der Waals surface area contributed by atoms with E-state index in [0.29, 0.717) is 5.92 Å². The summed E-state index contributed by atoms with van der Waals surface area (Å²) in [6.07, 6.45) is 4.95. The van der Waals surface area contributed by atoms with Gasteiger partial charge in [0.15, 0.2) is 0 Å². The van der Waals surface area contributed by atoms with Crippen molar-refractivity contribution in [1.82, 2.24) is 0 Å². The first-order valence-corrected chi connectivity index (χ1v) is 7.36. The highest BCUT2D eigenvalue weighted by atomic mass is 79.9. The lowest BCUT2D eigenvalue weighted by molar-refractivity contribution is 0.436. The minimum Gasteiger partial charge on any atom is -0.330 e. The van der Waals surface area contributed by atoms with Gasteiger partial charge in [-0.1, -0.05) is 60.8 Å². The number of benzene rings is 1. The van der Waals surface area contributed by atoms with E-state index < -0.39 is 0 Å². The van der Waals surface area contributed by atoms with E-state index in [9.17, 15) is 0 Å². The highest BCUT2D eigenvalue weighted by Crippen LogP contribution is 2.22. The minimum atomic E-state index is 0.618. The van der Waals surface area contributed by atoms with Crippen molar-refractivity contribution < 1.29 is 0 Å². The van der Waals surface area contributed by atoms with E-state index in [4.69, 9.17) is 5.73 Å². The summed E-state index contributed by atoms with van der Waals surface area (Å²) >= 11 is 3.60. The highest BCUT2D eigenvalue weighted by molar-refractivity contribution is 9.10. The van der Waals surface area contributed by atoms with Crippen LogP contribution in [0.2, 0.25) is 0 Å². The maximum absolute atomic E-state index is 5.87. The van der Waals surface area contributed by atoms with Gasteiger partial charge in [0.2, 0.25) is 0 Å². The van der Waals surface area contributed by atoms with Crippen molar-refractivity contribution in [3.8, 4) is 0 Å². The van der Waals surface area contributed by atoms with E-state index in [2.05, 4.69) is 54.0 Å². The first-order valence-electron chi connectivity index (χ1n) is 6.57. The Balaban J connectivity index is 2.44. The Bertz CT molecular complexity index is 322. The monoisotopic (exact) mass is 297 g/mol. The molecule has 1 aromatic carbocycles. The predicted octanol–water partition coefficient (Wildman–Crippen LogP) is 4.39. The topological polar surface area (TPSA) is 26.0 Å². The molecule has 0 aliphatic heterocycles. The van der Waals surface area contributed by atoms with Gasteiger partial charge in [-0.25, -0.2) is 0 Å². The number of halogens is 1. The number of rotatable bonds is 7. The normalized spacial score (nSPS) is 13.0. The van der Waals surface area contributed by atoms with E-state index in [1.807, 2.05) is 0 Å². The molecule has 2 N–H and O–H groups in total. The van der Waals surface area contributed by atoms with Crippen LogP contribution in [0.25, 0.3) is 0 Å². The fraction of sp³-hybridized carbons (Fsp3) is 0.600. The average molecular weight is 298 g/mol. The largest absolute Gasteiger partial charge is 0.330 e. The zero-order valence-corrected chi connectivity index (χ0v) is 12.5. The quantitative estimate of drug-likeness (QED) is 0.793. The van der Waals surface area contributed by atoms with Gasteiger partial charge in [0.25, 0.3) is 0 Å². The van der Waals surface area contributed by atoms with Crippen molar-refractivity contribution in [2.75, 3.05) is 6.54 Å². The fourth-order valence-electron chi connectivity index (χ4n) is 2.09. The van der Waals surface area contributed by atoms with Crippen molar-refractivity contribution in [1.29, 1.82) is 0 Å². The molecule has 2 heteroatoms. The Morgan fingerprint density at radius 1 is 1.18 bits per heavy atom. The zero-order chi connectivity index (χ0) is 12.7. The molecule has 0 aromatic heterocycles. The maximum atomic E-state index is 5.87. The molecule has 96 valence electrons. The van der Waals surface area contributed by atoms with Crippen LogP contribution in [0, 0.1) is 11.8 Å². The first kappa shape index (κ1) is 14.7. The summed E-state index contributed by atoms with van der Waals surface area (Å²) in [6, 6.07) is 8.46. The van der Waals surface area contributed by atoms with Gasteiger partial charge in [-0.05, 0) is 42.9 Å². The Hall–Kier alpha value is -0.340. The summed E-state index contributed by atoms with van der Waals surface area (Å²) < 4.78 is 1.21. The van der Waals surface area contributed by atoms with Crippen LogP contribution in [0.3, 0.4) is 0 Å². The van der Waals surface area contributed by atoms with Crippen molar-refractivity contribution in [3.63, 3.8) is 0 Å². The Morgan fingerprint density at radius 2 is 1.88 bits per heavy atom. The Labute approximate surface area is 114 Å². The van der Waals surface area contributed by atoms with Gasteiger partial charge >= 0.3 is 0 Å². The van der Waals surface area contributed by atoms with Crippen LogP contribution >= 0.6 is 15.9 Å². The fourth-order valence-corrected chi connectivity index (χ4v) is 2.54. The SMILES string of the molecule is CC(C)CCCC(CN)Cc1ccccc1Br. The summed E-state index contributed by atoms with van der Waals surface area (Å²) in [4.78, 5) is 0. The van der Waals surface area contributed by atoms with Gasteiger partial charge < -0.3 is 5.73 Å². The summed E-state index contributed by atoms with van der Waals surface area (Å²) in [5, 5.41) is 0. The van der Waals surface area contributed by atoms with Crippen LogP contribution in [-0.4, -0.2) is 6.54 Å². The molecule has 1 unspecified atom stereocenters. The van der Waals surface area contributed by atoms with Gasteiger partial charge in [-0.15, -0.1) is 0 Å². The molecule has 0 aliphatic rings. The third-order valence-corrected chi connectivity index (χ3v) is 3.97. The molecule has 1 atom stereocenters. The molecule has 0 saturated carbocycles. The number of nitrogens with two attached hydrogens (primary N) is 1. The van der Waals surface area contributed by atoms with Crippen LogP contribution in [0.5, 0.6) is 0 Å². The van der Waals surface area contributed by atoms with Gasteiger partial charge in [0, 0.05) is 4.47 Å². The lowest BCUT2D eigenvalue weighted by Crippen LogP contribution is -2.17. The first-order chi connectivity index (χ1) is 8.13. The third kappa shape index (κ3) is 5.69. The van der Waals surface area contributed by atoms with Gasteiger partial charge in [0.05, 0.1) is 0 Å². The molecule has 0 heterocycles. The minimum absolute atomic E-state index is 0.618. The molecular weight excluding hydrogens is 274 g/mol. The second kappa shape index (κ2) is 7.88. The van der Waals surface area contributed by atoms with E-state index in [0.717, 1.165) is 18.9 Å². The van der Waals surface area contributed by atoms with E-state index in [1.54, 1.807) is 0 Å². The van der Waals surface area contributed by atoms with E-state index in [1.165, 1.54) is 29.3 Å². The second-order valence-electron chi connectivity index (χ2n) is 5.22. The maximum Gasteiger partial charge on any atom is 0.0207 e. The van der Waals surface area contributed by atoms with Crippen molar-refractivity contribution in [3.05, 3.63) is 34.3 Å². The summed E-state index contributed by atoms with van der Waals surface area (Å²) in [5.41, 5.74) is 7.25. The lowest BCUT2D eigenvalue weighted by atomic mass is 9.92. The van der Waals surface area contributed by atoms with Gasteiger partial charge in [-0.3, -0.25) is 0 Å². The average Bonchev–Trinajstić information content (AvgIpc) is 2.30. The van der Waals surface area contributed by atoms with Crippen LogP contribution in [-0.2, 0) is 6.42 Å². The molecule has 1 nitrogen and oxygen atoms in total.